The monoisotopic (exact) mass is 371 g/mol. The van der Waals surface area contributed by atoms with Gasteiger partial charge in [0.15, 0.2) is 5.78 Å². The van der Waals surface area contributed by atoms with E-state index in [1.807, 2.05) is 6.92 Å². The lowest BCUT2D eigenvalue weighted by atomic mass is 9.54. The quantitative estimate of drug-likeness (QED) is 0.441. The molecule has 2 aliphatic rings. The second-order valence-corrected chi connectivity index (χ2v) is 7.93. The molecule has 1 fully saturated rings. The molecule has 2 rings (SSSR count). The van der Waals surface area contributed by atoms with Crippen molar-refractivity contribution in [2.24, 2.45) is 29.1 Å². The van der Waals surface area contributed by atoms with Crippen molar-refractivity contribution in [3.63, 3.8) is 0 Å². The van der Waals surface area contributed by atoms with Gasteiger partial charge in [-0.05, 0) is 44.6 Å². The molecular weight excluding hydrogens is 334 g/mol. The van der Waals surface area contributed by atoms with Crippen molar-refractivity contribution in [2.75, 3.05) is 26.8 Å². The minimum atomic E-state index is -1.06. The Bertz CT molecular complexity index is 469. The van der Waals surface area contributed by atoms with Crippen LogP contribution in [0.4, 0.5) is 0 Å². The van der Waals surface area contributed by atoms with E-state index < -0.39 is 30.1 Å². The molecule has 0 heterocycles. The zero-order chi connectivity index (χ0) is 19.9. The summed E-state index contributed by atoms with van der Waals surface area (Å²) in [6.07, 6.45) is 5.02. The number of hydrogen-bond acceptors (Lipinski definition) is 6. The van der Waals surface area contributed by atoms with Gasteiger partial charge in [0, 0.05) is 12.0 Å². The van der Waals surface area contributed by atoms with E-state index in [2.05, 4.69) is 18.3 Å². The number of aliphatic hydroxyl groups excluding tert-OH is 4. The number of carbonyl (C=O) groups excluding carboxylic acids is 1. The van der Waals surface area contributed by atoms with Gasteiger partial charge in [-0.1, -0.05) is 32.4 Å². The number of rotatable bonds is 6. The van der Waals surface area contributed by atoms with Crippen LogP contribution in [-0.2, 0) is 4.79 Å². The van der Waals surface area contributed by atoms with E-state index in [1.54, 1.807) is 20.0 Å². The van der Waals surface area contributed by atoms with Crippen molar-refractivity contribution in [2.45, 2.75) is 52.2 Å². The van der Waals surface area contributed by atoms with Gasteiger partial charge in [0.2, 0.25) is 0 Å². The molecule has 6 heteroatoms. The van der Waals surface area contributed by atoms with E-state index in [0.29, 0.717) is 11.8 Å². The Labute approximate surface area is 157 Å². The first-order valence-corrected chi connectivity index (χ1v) is 9.71. The Morgan fingerprint density at radius 1 is 1.31 bits per heavy atom. The smallest absolute Gasteiger partial charge is 0.154 e. The summed E-state index contributed by atoms with van der Waals surface area (Å²) in [6.45, 7) is 5.74. The molecule has 0 aromatic carbocycles. The lowest BCUT2D eigenvalue weighted by Gasteiger charge is -2.53. The van der Waals surface area contributed by atoms with Gasteiger partial charge >= 0.3 is 0 Å². The van der Waals surface area contributed by atoms with Crippen molar-refractivity contribution in [1.82, 2.24) is 5.32 Å². The lowest BCUT2D eigenvalue weighted by molar-refractivity contribution is -0.150. The Morgan fingerprint density at radius 3 is 2.46 bits per heavy atom. The second kappa shape index (κ2) is 10.5. The third-order valence-corrected chi connectivity index (χ3v) is 6.12. The highest BCUT2D eigenvalue weighted by atomic mass is 16.3. The van der Waals surface area contributed by atoms with E-state index in [9.17, 15) is 20.1 Å². The highest BCUT2D eigenvalue weighted by molar-refractivity contribution is 5.83. The van der Waals surface area contributed by atoms with Crippen LogP contribution in [0, 0.1) is 29.1 Å². The lowest BCUT2D eigenvalue weighted by Crippen LogP contribution is -2.57. The van der Waals surface area contributed by atoms with Crippen LogP contribution in [0.15, 0.2) is 12.2 Å². The number of nitrogens with one attached hydrogen (secondary N) is 1. The van der Waals surface area contributed by atoms with Crippen LogP contribution in [0.5, 0.6) is 0 Å². The summed E-state index contributed by atoms with van der Waals surface area (Å²) in [7, 11) is 1.66. The standard InChI is InChI=1S/C18H31NO4.C2H6O/c1-11-4-6-14-12(8-11)5-7-16(22)18(14,2)17(23)13(10-20)15(21)9-19-3;1-2-3/h5,7,11-14,16-17,19-20,22-23H,4,6,8-10H2,1-3H3;3H,2H2,1H3/t11-,12+,13?,14?,16-,17-,18-;/m0./s1. The van der Waals surface area contributed by atoms with E-state index >= 15 is 0 Å². The zero-order valence-corrected chi connectivity index (χ0v) is 16.6. The average Bonchev–Trinajstić information content (AvgIpc) is 2.59. The molecule has 0 spiro atoms. The summed E-state index contributed by atoms with van der Waals surface area (Å²) in [6, 6.07) is 0. The van der Waals surface area contributed by atoms with Crippen LogP contribution in [-0.4, -0.2) is 65.2 Å². The SMILES string of the molecule is CCO.CNCC(=O)C(CO)[C@H](O)[C@@]1(C)C2CC[C@H](C)C[C@H]2C=C[C@@H]1O. The summed E-state index contributed by atoms with van der Waals surface area (Å²) in [5.74, 6) is 0.00239. The first-order chi connectivity index (χ1) is 12.3. The molecule has 1 saturated carbocycles. The van der Waals surface area contributed by atoms with Gasteiger partial charge in [-0.2, -0.15) is 0 Å². The molecule has 7 atom stereocenters. The first kappa shape index (κ1) is 23.2. The summed E-state index contributed by atoms with van der Waals surface area (Å²) in [5.41, 5.74) is -0.809. The van der Waals surface area contributed by atoms with Crippen molar-refractivity contribution in [1.29, 1.82) is 0 Å². The molecule has 5 N–H and O–H groups in total. The highest BCUT2D eigenvalue weighted by Crippen LogP contribution is 2.52. The van der Waals surface area contributed by atoms with Gasteiger partial charge in [-0.25, -0.2) is 0 Å². The molecular formula is C20H37NO5. The fourth-order valence-electron chi connectivity index (χ4n) is 4.60. The Hall–Kier alpha value is -0.790. The zero-order valence-electron chi connectivity index (χ0n) is 16.6. The van der Waals surface area contributed by atoms with Gasteiger partial charge in [-0.15, -0.1) is 0 Å². The number of Topliss-reactive ketones (excluding diaryl/α,β-unsaturated/α-hetero) is 1. The number of aliphatic hydroxyl groups is 4. The maximum Gasteiger partial charge on any atom is 0.154 e. The van der Waals surface area contributed by atoms with Crippen molar-refractivity contribution in [3.05, 3.63) is 12.2 Å². The Kier molecular flexibility index (Phi) is 9.41. The van der Waals surface area contributed by atoms with Crippen molar-refractivity contribution < 1.29 is 25.2 Å². The summed E-state index contributed by atoms with van der Waals surface area (Å²) < 4.78 is 0. The average molecular weight is 372 g/mol. The van der Waals surface area contributed by atoms with Gasteiger partial charge < -0.3 is 25.7 Å². The van der Waals surface area contributed by atoms with Gasteiger partial charge in [0.25, 0.3) is 0 Å². The third kappa shape index (κ3) is 4.93. The fraction of sp³-hybridized carbons (Fsp3) is 0.850. The summed E-state index contributed by atoms with van der Waals surface area (Å²) in [5, 5.41) is 41.6. The number of allylic oxidation sites excluding steroid dienone is 1. The van der Waals surface area contributed by atoms with Crippen LogP contribution < -0.4 is 5.32 Å². The van der Waals surface area contributed by atoms with Crippen LogP contribution in [0.25, 0.3) is 0 Å². The van der Waals surface area contributed by atoms with E-state index in [0.717, 1.165) is 19.3 Å². The molecule has 6 nitrogen and oxygen atoms in total. The van der Waals surface area contributed by atoms with Gasteiger partial charge in [0.1, 0.15) is 0 Å². The van der Waals surface area contributed by atoms with Crippen LogP contribution in [0.3, 0.4) is 0 Å². The molecule has 0 amide bonds. The molecule has 2 unspecified atom stereocenters. The molecule has 0 aromatic rings. The molecule has 0 aliphatic heterocycles. The van der Waals surface area contributed by atoms with Crippen LogP contribution in [0.1, 0.15) is 40.0 Å². The van der Waals surface area contributed by atoms with E-state index in [-0.39, 0.29) is 24.9 Å². The largest absolute Gasteiger partial charge is 0.397 e. The Balaban J connectivity index is 0.00000105. The fourth-order valence-corrected chi connectivity index (χ4v) is 4.60. The highest BCUT2D eigenvalue weighted by Gasteiger charge is 2.53. The van der Waals surface area contributed by atoms with Crippen LogP contribution in [0.2, 0.25) is 0 Å². The topological polar surface area (TPSA) is 110 Å². The van der Waals surface area contributed by atoms with Crippen molar-refractivity contribution in [3.8, 4) is 0 Å². The molecule has 0 bridgehead atoms. The third-order valence-electron chi connectivity index (χ3n) is 6.12. The normalized spacial score (nSPS) is 35.7. The molecule has 26 heavy (non-hydrogen) atoms. The molecule has 0 saturated heterocycles. The van der Waals surface area contributed by atoms with Gasteiger partial charge in [0.05, 0.1) is 31.3 Å². The summed E-state index contributed by atoms with van der Waals surface area (Å²) >= 11 is 0. The number of carbonyl (C=O) groups is 1. The number of ketones is 1. The second-order valence-electron chi connectivity index (χ2n) is 7.93. The minimum absolute atomic E-state index is 0.107. The number of hydrogen-bond donors (Lipinski definition) is 5. The molecule has 0 radical (unpaired) electrons. The molecule has 2 aliphatic carbocycles. The summed E-state index contributed by atoms with van der Waals surface area (Å²) in [4.78, 5) is 12.2. The van der Waals surface area contributed by atoms with E-state index in [4.69, 9.17) is 5.11 Å². The Morgan fingerprint density at radius 2 is 1.92 bits per heavy atom. The minimum Gasteiger partial charge on any atom is -0.397 e. The van der Waals surface area contributed by atoms with E-state index in [1.165, 1.54) is 0 Å². The number of likely N-dealkylation sites (N-methyl/N-ethyl adjacent to an activating group) is 1. The first-order valence-electron chi connectivity index (χ1n) is 9.71. The molecule has 152 valence electrons. The predicted molar refractivity (Wildman–Crippen MR) is 102 cm³/mol. The predicted octanol–water partition coefficient (Wildman–Crippen LogP) is 0.732. The van der Waals surface area contributed by atoms with Crippen molar-refractivity contribution >= 4 is 5.78 Å². The number of fused-ring (bicyclic) bond motifs is 1. The maximum atomic E-state index is 12.2. The van der Waals surface area contributed by atoms with Crippen LogP contribution >= 0.6 is 0 Å². The van der Waals surface area contributed by atoms with Gasteiger partial charge in [-0.3, -0.25) is 4.79 Å². The maximum absolute atomic E-state index is 12.2. The molecule has 0 aromatic heterocycles.